The highest BCUT2D eigenvalue weighted by Gasteiger charge is 2.25. The summed E-state index contributed by atoms with van der Waals surface area (Å²) >= 11 is 0. The van der Waals surface area contributed by atoms with Crippen LogP contribution in [0.2, 0.25) is 0 Å². The average Bonchev–Trinajstić information content (AvgIpc) is 2.76. The molecule has 1 heterocycles. The molecule has 5 N–H and O–H groups in total. The Balaban J connectivity index is 2.19. The lowest BCUT2D eigenvalue weighted by Crippen LogP contribution is -2.46. The number of rotatable bonds is 6. The van der Waals surface area contributed by atoms with Crippen LogP contribution >= 0.6 is 0 Å². The van der Waals surface area contributed by atoms with Crippen LogP contribution < -0.4 is 10.6 Å². The highest BCUT2D eigenvalue weighted by molar-refractivity contribution is 4.81. The second-order valence-electron chi connectivity index (χ2n) is 3.83. The van der Waals surface area contributed by atoms with Gasteiger partial charge in [0.1, 0.15) is 12.2 Å². The monoisotopic (exact) mass is 219 g/mol. The highest BCUT2D eigenvalue weighted by Crippen LogP contribution is 2.02. The maximum Gasteiger partial charge on any atom is 0.109 e. The third-order valence-electron chi connectivity index (χ3n) is 2.58. The minimum atomic E-state index is -1.32. The summed E-state index contributed by atoms with van der Waals surface area (Å²) in [5.74, 6) is 0. The van der Waals surface area contributed by atoms with E-state index >= 15 is 0 Å². The van der Waals surface area contributed by atoms with Crippen LogP contribution in [-0.2, 0) is 0 Å². The van der Waals surface area contributed by atoms with Gasteiger partial charge in [0, 0.05) is 25.7 Å². The quantitative estimate of drug-likeness (QED) is 0.328. The topological polar surface area (TPSA) is 107 Å². The zero-order chi connectivity index (χ0) is 11.3. The fourth-order valence-electron chi connectivity index (χ4n) is 1.52. The summed E-state index contributed by atoms with van der Waals surface area (Å²) < 4.78 is 0. The van der Waals surface area contributed by atoms with Crippen molar-refractivity contribution in [3.63, 3.8) is 0 Å². The molecule has 6 nitrogen and oxygen atoms in total. The van der Waals surface area contributed by atoms with E-state index in [0.29, 0.717) is 0 Å². The molecule has 0 aromatic rings. The van der Waals surface area contributed by atoms with Crippen molar-refractivity contribution in [1.82, 2.24) is 10.6 Å². The lowest BCUT2D eigenvalue weighted by molar-refractivity contribution is -0.0754. The van der Waals surface area contributed by atoms with Crippen molar-refractivity contribution in [2.75, 3.05) is 26.2 Å². The van der Waals surface area contributed by atoms with Gasteiger partial charge in [0.2, 0.25) is 0 Å². The third kappa shape index (κ3) is 4.02. The van der Waals surface area contributed by atoms with E-state index in [9.17, 15) is 10.2 Å². The molecule has 1 radical (unpaired) electrons. The molecule has 1 fully saturated rings. The van der Waals surface area contributed by atoms with Gasteiger partial charge in [-0.1, -0.05) is 0 Å². The minimum absolute atomic E-state index is 0.193. The maximum atomic E-state index is 9.47. The molecule has 0 amide bonds. The van der Waals surface area contributed by atoms with Gasteiger partial charge >= 0.3 is 0 Å². The van der Waals surface area contributed by atoms with Gasteiger partial charge in [-0.05, 0) is 6.42 Å². The second-order valence-corrected chi connectivity index (χ2v) is 3.83. The van der Waals surface area contributed by atoms with Gasteiger partial charge in [-0.15, -0.1) is 0 Å². The van der Waals surface area contributed by atoms with E-state index in [1.165, 1.54) is 0 Å². The van der Waals surface area contributed by atoms with Gasteiger partial charge in [-0.3, -0.25) is 0 Å². The van der Waals surface area contributed by atoms with Gasteiger partial charge in [0.05, 0.1) is 12.7 Å². The van der Waals surface area contributed by atoms with Gasteiger partial charge < -0.3 is 25.7 Å². The molecular weight excluding hydrogens is 200 g/mol. The molecule has 15 heavy (non-hydrogen) atoms. The highest BCUT2D eigenvalue weighted by atomic mass is 16.4. The number of hydrogen-bond acceptors (Lipinski definition) is 5. The Morgan fingerprint density at radius 1 is 1.27 bits per heavy atom. The van der Waals surface area contributed by atoms with Crippen LogP contribution in [0.1, 0.15) is 6.42 Å². The van der Waals surface area contributed by atoms with E-state index in [2.05, 4.69) is 10.6 Å². The van der Waals surface area contributed by atoms with Crippen LogP contribution in [0.5, 0.6) is 0 Å². The number of aliphatic hydroxyl groups is 4. The smallest absolute Gasteiger partial charge is 0.109 e. The first kappa shape index (κ1) is 12.8. The minimum Gasteiger partial charge on any atom is -0.394 e. The Bertz CT molecular complexity index is 175. The van der Waals surface area contributed by atoms with Crippen molar-refractivity contribution in [2.24, 2.45) is 0 Å². The molecule has 0 aromatic heterocycles. The largest absolute Gasteiger partial charge is 0.394 e. The van der Waals surface area contributed by atoms with Crippen LogP contribution in [-0.4, -0.2) is 71.0 Å². The van der Waals surface area contributed by atoms with Crippen LogP contribution in [0.15, 0.2) is 0 Å². The average molecular weight is 219 g/mol. The molecule has 6 heteroatoms. The summed E-state index contributed by atoms with van der Waals surface area (Å²) in [7, 11) is 0. The summed E-state index contributed by atoms with van der Waals surface area (Å²) in [4.78, 5) is 0. The predicted molar refractivity (Wildman–Crippen MR) is 53.4 cm³/mol. The van der Waals surface area contributed by atoms with Crippen molar-refractivity contribution in [1.29, 1.82) is 0 Å². The van der Waals surface area contributed by atoms with Crippen LogP contribution in [0.25, 0.3) is 0 Å². The van der Waals surface area contributed by atoms with Gasteiger partial charge in [-0.2, -0.15) is 0 Å². The summed E-state index contributed by atoms with van der Waals surface area (Å²) in [6, 6.07) is 0.248. The molecule has 1 aliphatic heterocycles. The lowest BCUT2D eigenvalue weighted by Gasteiger charge is -2.23. The van der Waals surface area contributed by atoms with Crippen molar-refractivity contribution in [3.8, 4) is 0 Å². The van der Waals surface area contributed by atoms with E-state index in [1.54, 1.807) is 0 Å². The van der Waals surface area contributed by atoms with Gasteiger partial charge in [-0.25, -0.2) is 5.32 Å². The molecule has 1 rings (SSSR count). The molecule has 1 saturated heterocycles. The summed E-state index contributed by atoms with van der Waals surface area (Å²) in [5.41, 5.74) is 0. The van der Waals surface area contributed by atoms with Crippen molar-refractivity contribution >= 4 is 0 Å². The van der Waals surface area contributed by atoms with Crippen molar-refractivity contribution < 1.29 is 20.4 Å². The number of aliphatic hydroxyl groups excluding tert-OH is 4. The Morgan fingerprint density at radius 3 is 2.53 bits per heavy atom. The standard InChI is InChI=1S/C9H19N2O4/c12-5-8(14)9(15)7(13)4-11-6-1-2-10-3-6/h6-9,11-15H,1-5H2/t6?,7-,8-,9+/m0/s1. The molecule has 1 aliphatic rings. The maximum absolute atomic E-state index is 9.47. The molecule has 0 aliphatic carbocycles. The zero-order valence-electron chi connectivity index (χ0n) is 8.58. The fourth-order valence-corrected chi connectivity index (χ4v) is 1.52. The van der Waals surface area contributed by atoms with E-state index < -0.39 is 24.9 Å². The molecule has 1 unspecified atom stereocenters. The molecule has 0 saturated carbocycles. The molecule has 89 valence electrons. The first-order chi connectivity index (χ1) is 7.15. The Hall–Kier alpha value is -0.240. The number of hydrogen-bond donors (Lipinski definition) is 5. The molecule has 4 atom stereocenters. The van der Waals surface area contributed by atoms with Gasteiger partial charge in [0.25, 0.3) is 0 Å². The molecule has 0 aromatic carbocycles. The summed E-state index contributed by atoms with van der Waals surface area (Å²) in [6.07, 6.45) is -2.76. The summed E-state index contributed by atoms with van der Waals surface area (Å²) in [6.45, 7) is 1.19. The number of nitrogens with one attached hydrogen (secondary N) is 1. The fraction of sp³-hybridized carbons (Fsp3) is 1.00. The van der Waals surface area contributed by atoms with Crippen LogP contribution in [0, 0.1) is 0 Å². The second kappa shape index (κ2) is 6.37. The lowest BCUT2D eigenvalue weighted by atomic mass is 10.1. The van der Waals surface area contributed by atoms with Gasteiger partial charge in [0.15, 0.2) is 0 Å². The first-order valence-electron chi connectivity index (χ1n) is 5.17. The molecule has 0 spiro atoms. The van der Waals surface area contributed by atoms with Crippen LogP contribution in [0.4, 0.5) is 0 Å². The van der Waals surface area contributed by atoms with E-state index in [4.69, 9.17) is 10.2 Å². The SMILES string of the molecule is OC[C@H](O)[C@H](O)[C@@H](O)CNC1CC[N]C1. The zero-order valence-corrected chi connectivity index (χ0v) is 8.58. The van der Waals surface area contributed by atoms with Crippen molar-refractivity contribution in [2.45, 2.75) is 30.8 Å². The molecule has 0 bridgehead atoms. The molecular formula is C9H19N2O4. The van der Waals surface area contributed by atoms with Crippen molar-refractivity contribution in [3.05, 3.63) is 0 Å². The normalized spacial score (nSPS) is 27.6. The predicted octanol–water partition coefficient (Wildman–Crippen LogP) is -2.97. The Morgan fingerprint density at radius 2 is 2.00 bits per heavy atom. The van der Waals surface area contributed by atoms with Crippen LogP contribution in [0.3, 0.4) is 0 Å². The van der Waals surface area contributed by atoms with E-state index in [1.807, 2.05) is 0 Å². The van der Waals surface area contributed by atoms with E-state index in [0.717, 1.165) is 19.5 Å². The summed E-state index contributed by atoms with van der Waals surface area (Å²) in [5, 5.41) is 43.6. The Kier molecular flexibility index (Phi) is 5.44. The third-order valence-corrected chi connectivity index (χ3v) is 2.58. The first-order valence-corrected chi connectivity index (χ1v) is 5.17. The van der Waals surface area contributed by atoms with E-state index in [-0.39, 0.29) is 12.6 Å². The Labute approximate surface area is 88.9 Å². The number of nitrogens with zero attached hydrogens (tertiary/aromatic N) is 1.